The SMILES string of the molecule is COc1cc2sc(/C=C/c3cccs3)[n+](CCCS(=O)(=O)O)c2c2sccc12. The fourth-order valence-corrected chi connectivity index (χ4v) is 6.41. The first-order chi connectivity index (χ1) is 13.5. The zero-order valence-electron chi connectivity index (χ0n) is 15.0. The van der Waals surface area contributed by atoms with Gasteiger partial charge in [0.05, 0.1) is 12.9 Å². The van der Waals surface area contributed by atoms with Crippen LogP contribution in [0.15, 0.2) is 35.0 Å². The van der Waals surface area contributed by atoms with E-state index in [1.54, 1.807) is 41.1 Å². The third-order valence-electron chi connectivity index (χ3n) is 4.33. The van der Waals surface area contributed by atoms with Crippen molar-refractivity contribution in [1.29, 1.82) is 0 Å². The average Bonchev–Trinajstić information content (AvgIpc) is 3.37. The summed E-state index contributed by atoms with van der Waals surface area (Å²) < 4.78 is 41.3. The summed E-state index contributed by atoms with van der Waals surface area (Å²) >= 11 is 4.96. The molecule has 4 aromatic rings. The molecule has 4 rings (SSSR count). The number of benzene rings is 1. The number of thiazole rings is 1. The lowest BCUT2D eigenvalue weighted by Crippen LogP contribution is -2.36. The van der Waals surface area contributed by atoms with E-state index < -0.39 is 10.1 Å². The molecule has 9 heteroatoms. The maximum absolute atomic E-state index is 11.2. The Labute approximate surface area is 174 Å². The van der Waals surface area contributed by atoms with Crippen molar-refractivity contribution in [3.63, 3.8) is 0 Å². The first-order valence-electron chi connectivity index (χ1n) is 8.53. The second-order valence-corrected chi connectivity index (χ2v) is 10.7. The van der Waals surface area contributed by atoms with E-state index in [4.69, 9.17) is 9.29 Å². The fraction of sp³-hybridized carbons (Fsp3) is 0.211. The molecule has 1 aromatic carbocycles. The molecule has 1 N–H and O–H groups in total. The number of aryl methyl sites for hydroxylation is 1. The van der Waals surface area contributed by atoms with E-state index in [1.807, 2.05) is 29.0 Å². The van der Waals surface area contributed by atoms with Crippen molar-refractivity contribution in [1.82, 2.24) is 0 Å². The lowest BCUT2D eigenvalue weighted by molar-refractivity contribution is -0.667. The van der Waals surface area contributed by atoms with Gasteiger partial charge in [-0.15, -0.1) is 22.7 Å². The van der Waals surface area contributed by atoms with E-state index in [-0.39, 0.29) is 5.75 Å². The van der Waals surface area contributed by atoms with Crippen LogP contribution < -0.4 is 9.30 Å². The Morgan fingerprint density at radius 2 is 2.07 bits per heavy atom. The molecule has 0 saturated carbocycles. The monoisotopic (exact) mass is 452 g/mol. The van der Waals surface area contributed by atoms with Gasteiger partial charge in [-0.2, -0.15) is 13.0 Å². The maximum atomic E-state index is 11.2. The van der Waals surface area contributed by atoms with Crippen LogP contribution >= 0.6 is 34.0 Å². The van der Waals surface area contributed by atoms with Crippen molar-refractivity contribution in [2.45, 2.75) is 13.0 Å². The van der Waals surface area contributed by atoms with Crippen molar-refractivity contribution < 1.29 is 22.3 Å². The zero-order valence-corrected chi connectivity index (χ0v) is 18.3. The van der Waals surface area contributed by atoms with Gasteiger partial charge in [-0.1, -0.05) is 17.4 Å². The van der Waals surface area contributed by atoms with Crippen molar-refractivity contribution >= 4 is 76.6 Å². The Hall–Kier alpha value is -1.78. The van der Waals surface area contributed by atoms with Gasteiger partial charge >= 0.3 is 0 Å². The number of nitrogens with zero attached hydrogens (tertiary/aromatic N) is 1. The number of ether oxygens (including phenoxy) is 1. The minimum Gasteiger partial charge on any atom is -0.496 e. The highest BCUT2D eigenvalue weighted by molar-refractivity contribution is 7.85. The number of thiophene rings is 2. The van der Waals surface area contributed by atoms with Gasteiger partial charge in [0, 0.05) is 28.8 Å². The molecule has 0 atom stereocenters. The molecule has 0 aliphatic heterocycles. The molecule has 28 heavy (non-hydrogen) atoms. The summed E-state index contributed by atoms with van der Waals surface area (Å²) in [5.41, 5.74) is 1.08. The smallest absolute Gasteiger partial charge is 0.265 e. The molecule has 146 valence electrons. The summed E-state index contributed by atoms with van der Waals surface area (Å²) in [4.78, 5) is 1.15. The van der Waals surface area contributed by atoms with Crippen LogP contribution in [-0.4, -0.2) is 25.8 Å². The molecule has 3 aromatic heterocycles. The van der Waals surface area contributed by atoms with Crippen LogP contribution in [0.3, 0.4) is 0 Å². The molecule has 5 nitrogen and oxygen atoms in total. The maximum Gasteiger partial charge on any atom is 0.265 e. The molecule has 0 amide bonds. The summed E-state index contributed by atoms with van der Waals surface area (Å²) in [7, 11) is -2.31. The standard InChI is InChI=1S/C19H17NO4S4/c1-24-15-12-16-18(19-14(15)7-10-26-19)20(8-3-11-28(21,22)23)17(27-16)6-5-13-4-2-9-25-13/h2,4-7,9-10,12H,3,8,11H2,1H3/p+1/b6-5+. The lowest BCUT2D eigenvalue weighted by atomic mass is 10.2. The molecule has 0 aliphatic rings. The molecule has 0 bridgehead atoms. The van der Waals surface area contributed by atoms with Crippen LogP contribution in [0.1, 0.15) is 16.3 Å². The fourth-order valence-electron chi connectivity index (χ4n) is 3.13. The molecule has 0 unspecified atom stereocenters. The Kier molecular flexibility index (Phi) is 5.52. The van der Waals surface area contributed by atoms with Crippen LogP contribution in [-0.2, 0) is 16.7 Å². The molecule has 0 fully saturated rings. The minimum absolute atomic E-state index is 0.255. The summed E-state index contributed by atoms with van der Waals surface area (Å²) in [5.74, 6) is 0.582. The van der Waals surface area contributed by atoms with E-state index in [0.29, 0.717) is 13.0 Å². The number of methoxy groups -OCH3 is 1. The molecular formula is C19H18NO4S4+. The highest BCUT2D eigenvalue weighted by Crippen LogP contribution is 2.38. The number of rotatable bonds is 7. The van der Waals surface area contributed by atoms with E-state index >= 15 is 0 Å². The van der Waals surface area contributed by atoms with Crippen LogP contribution in [0, 0.1) is 0 Å². The van der Waals surface area contributed by atoms with Crippen LogP contribution in [0.2, 0.25) is 0 Å². The van der Waals surface area contributed by atoms with E-state index in [9.17, 15) is 8.42 Å². The van der Waals surface area contributed by atoms with Gasteiger partial charge in [0.15, 0.2) is 6.54 Å². The van der Waals surface area contributed by atoms with Crippen LogP contribution in [0.4, 0.5) is 0 Å². The van der Waals surface area contributed by atoms with Gasteiger partial charge in [0.2, 0.25) is 5.52 Å². The van der Waals surface area contributed by atoms with Crippen LogP contribution in [0.25, 0.3) is 32.5 Å². The summed E-state index contributed by atoms with van der Waals surface area (Å²) in [6.07, 6.45) is 4.47. The minimum atomic E-state index is -3.98. The van der Waals surface area contributed by atoms with Crippen molar-refractivity contribution in [2.75, 3.05) is 12.9 Å². The van der Waals surface area contributed by atoms with E-state index in [2.05, 4.69) is 22.8 Å². The topological polar surface area (TPSA) is 67.5 Å². The molecular weight excluding hydrogens is 434 g/mol. The van der Waals surface area contributed by atoms with Gasteiger partial charge in [0.1, 0.15) is 15.1 Å². The van der Waals surface area contributed by atoms with Gasteiger partial charge < -0.3 is 4.74 Å². The average molecular weight is 453 g/mol. The number of aromatic nitrogens is 1. The predicted octanol–water partition coefficient (Wildman–Crippen LogP) is 4.92. The quantitative estimate of drug-likeness (QED) is 0.319. The predicted molar refractivity (Wildman–Crippen MR) is 118 cm³/mol. The van der Waals surface area contributed by atoms with Crippen molar-refractivity contribution in [3.8, 4) is 5.75 Å². The van der Waals surface area contributed by atoms with Gasteiger partial charge in [0.25, 0.3) is 15.1 Å². The Morgan fingerprint density at radius 3 is 2.79 bits per heavy atom. The summed E-state index contributed by atoms with van der Waals surface area (Å²) in [6, 6.07) is 8.14. The van der Waals surface area contributed by atoms with Crippen LogP contribution in [0.5, 0.6) is 5.75 Å². The summed E-state index contributed by atoms with van der Waals surface area (Å²) in [5, 5.41) is 6.15. The Morgan fingerprint density at radius 1 is 1.21 bits per heavy atom. The Balaban J connectivity index is 1.85. The molecule has 0 spiro atoms. The highest BCUT2D eigenvalue weighted by atomic mass is 32.2. The number of hydrogen-bond acceptors (Lipinski definition) is 6. The first-order valence-corrected chi connectivity index (χ1v) is 12.7. The molecule has 0 aliphatic carbocycles. The number of hydrogen-bond donors (Lipinski definition) is 1. The van der Waals surface area contributed by atoms with Gasteiger partial charge in [-0.05, 0) is 29.0 Å². The second-order valence-electron chi connectivity index (χ2n) is 6.17. The van der Waals surface area contributed by atoms with Crippen molar-refractivity contribution in [3.05, 3.63) is 44.9 Å². The van der Waals surface area contributed by atoms with E-state index in [0.717, 1.165) is 35.9 Å². The molecule has 3 heterocycles. The zero-order chi connectivity index (χ0) is 19.7. The third-order valence-corrected chi connectivity index (χ3v) is 7.99. The molecule has 0 saturated heterocycles. The third kappa shape index (κ3) is 3.99. The molecule has 0 radical (unpaired) electrons. The van der Waals surface area contributed by atoms with Crippen molar-refractivity contribution in [2.24, 2.45) is 0 Å². The second kappa shape index (κ2) is 7.92. The normalized spacial score (nSPS) is 12.5. The Bertz CT molecular complexity index is 1250. The lowest BCUT2D eigenvalue weighted by Gasteiger charge is -2.02. The highest BCUT2D eigenvalue weighted by Gasteiger charge is 2.24. The summed E-state index contributed by atoms with van der Waals surface area (Å²) in [6.45, 7) is 0.503. The van der Waals surface area contributed by atoms with Gasteiger partial charge in [-0.3, -0.25) is 4.55 Å². The number of fused-ring (bicyclic) bond motifs is 3. The van der Waals surface area contributed by atoms with Gasteiger partial charge in [-0.25, -0.2) is 0 Å². The largest absolute Gasteiger partial charge is 0.496 e. The van der Waals surface area contributed by atoms with E-state index in [1.165, 1.54) is 0 Å². The first kappa shape index (κ1) is 19.5.